The smallest absolute Gasteiger partial charge is 0.141 e. The summed E-state index contributed by atoms with van der Waals surface area (Å²) < 4.78 is 13.0. The van der Waals surface area contributed by atoms with Gasteiger partial charge in [0.25, 0.3) is 0 Å². The molecule has 0 bridgehead atoms. The van der Waals surface area contributed by atoms with Gasteiger partial charge in [-0.15, -0.1) is 0 Å². The van der Waals surface area contributed by atoms with E-state index in [0.29, 0.717) is 6.04 Å². The highest BCUT2D eigenvalue weighted by molar-refractivity contribution is 5.40. The number of piperidine rings is 2. The van der Waals surface area contributed by atoms with Crippen LogP contribution in [0.5, 0.6) is 0 Å². The molecule has 0 aromatic carbocycles. The van der Waals surface area contributed by atoms with Gasteiger partial charge >= 0.3 is 0 Å². The van der Waals surface area contributed by atoms with Gasteiger partial charge < -0.3 is 9.80 Å². The van der Waals surface area contributed by atoms with E-state index in [-0.39, 0.29) is 5.82 Å². The second kappa shape index (κ2) is 4.84. The molecule has 2 fully saturated rings. The highest BCUT2D eigenvalue weighted by Crippen LogP contribution is 2.32. The predicted molar refractivity (Wildman–Crippen MR) is 70.2 cm³/mol. The van der Waals surface area contributed by atoms with Gasteiger partial charge in [-0.25, -0.2) is 9.37 Å². The molecule has 1 aromatic heterocycles. The van der Waals surface area contributed by atoms with Crippen LogP contribution < -0.4 is 4.90 Å². The Balaban J connectivity index is 1.81. The maximum atomic E-state index is 13.0. The lowest BCUT2D eigenvalue weighted by Gasteiger charge is -2.47. The standard InChI is InChI=1S/C14H20FN3/c1-17-8-6-13-11(10-17)3-2-7-18(13)14-5-4-12(15)9-16-14/h4-5,9,11,13H,2-3,6-8,10H2,1H3. The van der Waals surface area contributed by atoms with Crippen LogP contribution in [-0.4, -0.2) is 42.6 Å². The highest BCUT2D eigenvalue weighted by Gasteiger charge is 2.35. The zero-order valence-corrected chi connectivity index (χ0v) is 10.8. The molecule has 98 valence electrons. The van der Waals surface area contributed by atoms with Crippen molar-refractivity contribution in [2.24, 2.45) is 5.92 Å². The van der Waals surface area contributed by atoms with Gasteiger partial charge in [-0.1, -0.05) is 0 Å². The Morgan fingerprint density at radius 1 is 1.28 bits per heavy atom. The molecule has 3 rings (SSSR count). The second-order valence-corrected chi connectivity index (χ2v) is 5.55. The van der Waals surface area contributed by atoms with Crippen LogP contribution in [0.1, 0.15) is 19.3 Å². The van der Waals surface area contributed by atoms with Crippen molar-refractivity contribution in [2.75, 3.05) is 31.6 Å². The van der Waals surface area contributed by atoms with Crippen LogP contribution in [0, 0.1) is 11.7 Å². The molecule has 1 aromatic rings. The van der Waals surface area contributed by atoms with Crippen molar-refractivity contribution >= 4 is 5.82 Å². The van der Waals surface area contributed by atoms with Crippen LogP contribution in [0.2, 0.25) is 0 Å². The summed E-state index contributed by atoms with van der Waals surface area (Å²) in [7, 11) is 2.20. The van der Waals surface area contributed by atoms with Crippen molar-refractivity contribution in [3.63, 3.8) is 0 Å². The van der Waals surface area contributed by atoms with Gasteiger partial charge in [0.1, 0.15) is 11.6 Å². The zero-order chi connectivity index (χ0) is 12.5. The van der Waals surface area contributed by atoms with Crippen LogP contribution in [0.15, 0.2) is 18.3 Å². The third-order valence-corrected chi connectivity index (χ3v) is 4.28. The quantitative estimate of drug-likeness (QED) is 0.760. The van der Waals surface area contributed by atoms with Crippen molar-refractivity contribution in [3.8, 4) is 0 Å². The molecule has 18 heavy (non-hydrogen) atoms. The summed E-state index contributed by atoms with van der Waals surface area (Å²) in [4.78, 5) is 9.06. The lowest BCUT2D eigenvalue weighted by Crippen LogP contribution is -2.53. The minimum atomic E-state index is -0.254. The third-order valence-electron chi connectivity index (χ3n) is 4.28. The van der Waals surface area contributed by atoms with E-state index >= 15 is 0 Å². The molecular weight excluding hydrogens is 229 g/mol. The largest absolute Gasteiger partial charge is 0.353 e. The SMILES string of the molecule is CN1CCC2C(CCCN2c2ccc(F)cn2)C1. The van der Waals surface area contributed by atoms with Crippen LogP contribution in [-0.2, 0) is 0 Å². The van der Waals surface area contributed by atoms with E-state index in [1.807, 2.05) is 6.07 Å². The normalized spacial score (nSPS) is 29.1. The molecule has 0 N–H and O–H groups in total. The first-order chi connectivity index (χ1) is 8.74. The minimum absolute atomic E-state index is 0.254. The topological polar surface area (TPSA) is 19.4 Å². The predicted octanol–water partition coefficient (Wildman–Crippen LogP) is 2.14. The van der Waals surface area contributed by atoms with E-state index < -0.39 is 0 Å². The summed E-state index contributed by atoms with van der Waals surface area (Å²) in [5.41, 5.74) is 0. The van der Waals surface area contributed by atoms with Gasteiger partial charge in [-0.2, -0.15) is 0 Å². The average Bonchev–Trinajstić information content (AvgIpc) is 2.38. The fourth-order valence-corrected chi connectivity index (χ4v) is 3.41. The first-order valence-corrected chi connectivity index (χ1v) is 6.81. The summed E-state index contributed by atoms with van der Waals surface area (Å²) >= 11 is 0. The van der Waals surface area contributed by atoms with Gasteiger partial charge in [-0.05, 0) is 50.9 Å². The Bertz CT molecular complexity index is 406. The molecule has 2 atom stereocenters. The maximum Gasteiger partial charge on any atom is 0.141 e. The molecule has 2 aliphatic rings. The zero-order valence-electron chi connectivity index (χ0n) is 10.8. The second-order valence-electron chi connectivity index (χ2n) is 5.55. The number of fused-ring (bicyclic) bond motifs is 1. The third kappa shape index (κ3) is 2.21. The monoisotopic (exact) mass is 249 g/mol. The lowest BCUT2D eigenvalue weighted by molar-refractivity contribution is 0.154. The van der Waals surface area contributed by atoms with E-state index in [4.69, 9.17) is 0 Å². The molecule has 0 spiro atoms. The molecule has 3 heterocycles. The number of likely N-dealkylation sites (tertiary alicyclic amines) is 1. The first kappa shape index (κ1) is 11.9. The Morgan fingerprint density at radius 2 is 2.17 bits per heavy atom. The molecule has 0 amide bonds. The van der Waals surface area contributed by atoms with Crippen molar-refractivity contribution in [3.05, 3.63) is 24.1 Å². The van der Waals surface area contributed by atoms with Crippen LogP contribution in [0.4, 0.5) is 10.2 Å². The summed E-state index contributed by atoms with van der Waals surface area (Å²) in [6.07, 6.45) is 5.05. The fraction of sp³-hybridized carbons (Fsp3) is 0.643. The molecule has 2 saturated heterocycles. The number of anilines is 1. The van der Waals surface area contributed by atoms with E-state index in [2.05, 4.69) is 21.8 Å². The molecular formula is C14H20FN3. The summed E-state index contributed by atoms with van der Waals surface area (Å²) in [5.74, 6) is 1.43. The fourth-order valence-electron chi connectivity index (χ4n) is 3.41. The minimum Gasteiger partial charge on any atom is -0.353 e. The maximum absolute atomic E-state index is 13.0. The number of hydrogen-bond acceptors (Lipinski definition) is 3. The van der Waals surface area contributed by atoms with Crippen LogP contribution in [0.25, 0.3) is 0 Å². The molecule has 2 aliphatic heterocycles. The molecule has 0 saturated carbocycles. The van der Waals surface area contributed by atoms with E-state index in [1.165, 1.54) is 38.1 Å². The van der Waals surface area contributed by atoms with E-state index in [0.717, 1.165) is 24.8 Å². The van der Waals surface area contributed by atoms with Gasteiger partial charge in [0.05, 0.1) is 6.20 Å². The summed E-state index contributed by atoms with van der Waals surface area (Å²) in [6, 6.07) is 3.92. The molecule has 3 nitrogen and oxygen atoms in total. The van der Waals surface area contributed by atoms with E-state index in [9.17, 15) is 4.39 Å². The van der Waals surface area contributed by atoms with Crippen molar-refractivity contribution in [1.82, 2.24) is 9.88 Å². The molecule has 0 aliphatic carbocycles. The number of nitrogens with zero attached hydrogens (tertiary/aromatic N) is 3. The average molecular weight is 249 g/mol. The summed E-state index contributed by atoms with van der Waals surface area (Å²) in [5, 5.41) is 0. The molecule has 2 unspecified atom stereocenters. The Labute approximate surface area is 108 Å². The van der Waals surface area contributed by atoms with Gasteiger partial charge in [-0.3, -0.25) is 0 Å². The Morgan fingerprint density at radius 3 is 2.94 bits per heavy atom. The lowest BCUT2D eigenvalue weighted by atomic mass is 9.84. The Hall–Kier alpha value is -1.16. The first-order valence-electron chi connectivity index (χ1n) is 6.81. The van der Waals surface area contributed by atoms with Crippen molar-refractivity contribution in [1.29, 1.82) is 0 Å². The number of aromatic nitrogens is 1. The summed E-state index contributed by atoms with van der Waals surface area (Å²) in [6.45, 7) is 3.39. The number of halogens is 1. The van der Waals surface area contributed by atoms with Crippen LogP contribution in [0.3, 0.4) is 0 Å². The van der Waals surface area contributed by atoms with Crippen molar-refractivity contribution < 1.29 is 4.39 Å². The number of hydrogen-bond donors (Lipinski definition) is 0. The number of rotatable bonds is 1. The molecule has 0 radical (unpaired) electrons. The van der Waals surface area contributed by atoms with Crippen molar-refractivity contribution in [2.45, 2.75) is 25.3 Å². The van der Waals surface area contributed by atoms with Gasteiger partial charge in [0.15, 0.2) is 0 Å². The Kier molecular flexibility index (Phi) is 3.20. The molecule has 4 heteroatoms. The van der Waals surface area contributed by atoms with Crippen LogP contribution >= 0.6 is 0 Å². The highest BCUT2D eigenvalue weighted by atomic mass is 19.1. The van der Waals surface area contributed by atoms with Gasteiger partial charge in [0.2, 0.25) is 0 Å². The number of pyridine rings is 1. The van der Waals surface area contributed by atoms with E-state index in [1.54, 1.807) is 0 Å². The van der Waals surface area contributed by atoms with Gasteiger partial charge in [0, 0.05) is 19.1 Å².